The first-order valence-electron chi connectivity index (χ1n) is 12.9. The maximum absolute atomic E-state index is 13.3. The number of anilines is 1. The average Bonchev–Trinajstić information content (AvgIpc) is 3.60. The zero-order valence-electron chi connectivity index (χ0n) is 23.7. The number of carboxylic acid groups (broad SMARTS) is 2. The smallest absolute Gasteiger partial charge is 0.478 e. The highest BCUT2D eigenvalue weighted by molar-refractivity contribution is 8.02. The van der Waals surface area contributed by atoms with Gasteiger partial charge in [0, 0.05) is 23.8 Å². The Labute approximate surface area is 270 Å². The van der Waals surface area contributed by atoms with Gasteiger partial charge in [-0.3, -0.25) is 20.2 Å². The molecule has 7 N–H and O–H groups in total. The van der Waals surface area contributed by atoms with Crippen molar-refractivity contribution in [2.75, 3.05) is 17.2 Å². The molecule has 0 aliphatic carbocycles. The van der Waals surface area contributed by atoms with Gasteiger partial charge < -0.3 is 26.1 Å². The van der Waals surface area contributed by atoms with Gasteiger partial charge in [0.15, 0.2) is 15.2 Å². The van der Waals surface area contributed by atoms with Crippen molar-refractivity contribution in [3.8, 4) is 0 Å². The van der Waals surface area contributed by atoms with Crippen LogP contribution in [-0.2, 0) is 24.0 Å². The van der Waals surface area contributed by atoms with Gasteiger partial charge in [0.2, 0.25) is 5.60 Å². The monoisotopic (exact) mass is 693 g/mol. The molecular weight excluding hydrogens is 669 g/mol. The number of carbonyl (C=O) groups is 5. The first-order valence-corrected chi connectivity index (χ1v) is 16.6. The fraction of sp³-hybridized carbons (Fsp3) is 0.320. The highest BCUT2D eigenvalue weighted by atomic mass is 32.2. The molecule has 20 heteroatoms. The summed E-state index contributed by atoms with van der Waals surface area (Å²) in [6.07, 6.45) is 1.56. The lowest BCUT2D eigenvalue weighted by molar-refractivity contribution is -0.575. The van der Waals surface area contributed by atoms with Gasteiger partial charge >= 0.3 is 18.0 Å². The Morgan fingerprint density at radius 3 is 2.64 bits per heavy atom. The van der Waals surface area contributed by atoms with Crippen molar-refractivity contribution in [3.63, 3.8) is 0 Å². The first-order chi connectivity index (χ1) is 21.2. The maximum atomic E-state index is 13.3. The van der Waals surface area contributed by atoms with Crippen molar-refractivity contribution in [2.24, 2.45) is 10.9 Å². The molecule has 3 amide bonds. The molecule has 2 aliphatic heterocycles. The SMILES string of the molecule is Cc1c2nc(SCC3=C(C(=O)O)N4C(=O)C(NC(=O)/C(=N\OC(C)(C)C(=O)O)c5csc(N)n5)[C@@H]4SC3)sc2cc[n+]1C(N)=O. The van der Waals surface area contributed by atoms with Crippen LogP contribution in [-0.4, -0.2) is 89.1 Å². The molecular formula is C25H25N8O8S4+. The molecule has 45 heavy (non-hydrogen) atoms. The molecule has 1 fully saturated rings. The first kappa shape index (κ1) is 32.1. The topological polar surface area (TPSA) is 244 Å². The third kappa shape index (κ3) is 6.17. The zero-order valence-corrected chi connectivity index (χ0v) is 26.9. The van der Waals surface area contributed by atoms with Crippen LogP contribution in [0.25, 0.3) is 10.2 Å². The number of pyridine rings is 1. The minimum Gasteiger partial charge on any atom is -0.478 e. The normalized spacial score (nSPS) is 18.4. The lowest BCUT2D eigenvalue weighted by atomic mass is 10.0. The Balaban J connectivity index is 1.33. The van der Waals surface area contributed by atoms with Crippen molar-refractivity contribution >= 4 is 97.0 Å². The van der Waals surface area contributed by atoms with Crippen molar-refractivity contribution in [3.05, 3.63) is 40.3 Å². The average molecular weight is 694 g/mol. The van der Waals surface area contributed by atoms with E-state index in [1.165, 1.54) is 58.7 Å². The summed E-state index contributed by atoms with van der Waals surface area (Å²) in [6, 6.07) is -0.00465. The molecule has 16 nitrogen and oxygen atoms in total. The Kier molecular flexibility index (Phi) is 8.75. The molecule has 0 aromatic carbocycles. The minimum absolute atomic E-state index is 0.0102. The van der Waals surface area contributed by atoms with Crippen LogP contribution in [0.3, 0.4) is 0 Å². The number of nitrogen functional groups attached to an aromatic ring is 1. The van der Waals surface area contributed by atoms with Gasteiger partial charge in [-0.15, -0.1) is 34.4 Å². The third-order valence-corrected chi connectivity index (χ3v) is 11.0. The quantitative estimate of drug-likeness (QED) is 0.0654. The highest BCUT2D eigenvalue weighted by Crippen LogP contribution is 2.42. The van der Waals surface area contributed by atoms with E-state index >= 15 is 0 Å². The van der Waals surface area contributed by atoms with Crippen LogP contribution in [0.2, 0.25) is 0 Å². The van der Waals surface area contributed by atoms with Crippen LogP contribution in [0.1, 0.15) is 25.2 Å². The molecule has 0 spiro atoms. The molecule has 3 aromatic rings. The summed E-state index contributed by atoms with van der Waals surface area (Å²) in [7, 11) is 0. The predicted octanol–water partition coefficient (Wildman–Crippen LogP) is 0.973. The van der Waals surface area contributed by atoms with Crippen molar-refractivity contribution in [2.45, 2.75) is 42.1 Å². The number of nitrogens with one attached hydrogen (secondary N) is 1. The Hall–Kier alpha value is -4.27. The van der Waals surface area contributed by atoms with E-state index in [1.54, 1.807) is 19.2 Å². The highest BCUT2D eigenvalue weighted by Gasteiger charge is 2.54. The molecule has 1 unspecified atom stereocenters. The zero-order chi connectivity index (χ0) is 32.8. The number of aryl methyl sites for hydroxylation is 1. The Bertz CT molecular complexity index is 1830. The second-order valence-electron chi connectivity index (χ2n) is 10.1. The number of β-lactam (4-membered cyclic amide) rings is 1. The number of aliphatic carboxylic acids is 2. The lowest BCUT2D eigenvalue weighted by Crippen LogP contribution is -2.71. The van der Waals surface area contributed by atoms with Crippen LogP contribution in [0.4, 0.5) is 9.93 Å². The van der Waals surface area contributed by atoms with Crippen LogP contribution in [0.5, 0.6) is 0 Å². The van der Waals surface area contributed by atoms with E-state index < -0.39 is 52.5 Å². The number of thioether (sulfide) groups is 2. The fourth-order valence-corrected chi connectivity index (χ4v) is 8.45. The number of carbonyl (C=O) groups excluding carboxylic acids is 3. The van der Waals surface area contributed by atoms with E-state index in [0.717, 1.165) is 20.9 Å². The number of fused-ring (bicyclic) bond motifs is 2. The van der Waals surface area contributed by atoms with E-state index in [1.807, 2.05) is 0 Å². The number of nitrogens with two attached hydrogens (primary N) is 2. The molecule has 3 aromatic heterocycles. The number of rotatable bonds is 10. The molecule has 2 atom stereocenters. The summed E-state index contributed by atoms with van der Waals surface area (Å²) in [4.78, 5) is 76.8. The second kappa shape index (κ2) is 12.3. The van der Waals surface area contributed by atoms with E-state index in [2.05, 4.69) is 20.4 Å². The summed E-state index contributed by atoms with van der Waals surface area (Å²) < 4.78 is 2.76. The van der Waals surface area contributed by atoms with Crippen molar-refractivity contribution < 1.29 is 43.6 Å². The van der Waals surface area contributed by atoms with Gasteiger partial charge in [-0.1, -0.05) is 16.9 Å². The number of nitrogens with zero attached hydrogens (tertiary/aromatic N) is 5. The second-order valence-corrected chi connectivity index (χ2v) is 14.4. The Morgan fingerprint density at radius 2 is 2.02 bits per heavy atom. The van der Waals surface area contributed by atoms with E-state index in [9.17, 15) is 34.2 Å². The lowest BCUT2D eigenvalue weighted by Gasteiger charge is -2.49. The molecule has 5 rings (SSSR count). The minimum atomic E-state index is -1.78. The molecule has 0 saturated carbocycles. The number of primary amides is 1. The Morgan fingerprint density at radius 1 is 1.29 bits per heavy atom. The fourth-order valence-electron chi connectivity index (χ4n) is 4.30. The number of hydrogen-bond acceptors (Lipinski definition) is 14. The largest absolute Gasteiger partial charge is 0.493 e. The van der Waals surface area contributed by atoms with Gasteiger partial charge in [-0.2, -0.15) is 9.36 Å². The number of aromatic nitrogens is 3. The van der Waals surface area contributed by atoms with Crippen LogP contribution < -0.4 is 21.4 Å². The number of hydrogen-bond donors (Lipinski definition) is 5. The van der Waals surface area contributed by atoms with Crippen LogP contribution in [0.15, 0.2) is 38.4 Å². The van der Waals surface area contributed by atoms with Crippen LogP contribution >= 0.6 is 46.2 Å². The van der Waals surface area contributed by atoms with Gasteiger partial charge in [-0.05, 0) is 25.5 Å². The summed E-state index contributed by atoms with van der Waals surface area (Å²) in [5.74, 6) is -3.65. The van der Waals surface area contributed by atoms with E-state index in [0.29, 0.717) is 21.1 Å². The molecule has 1 saturated heterocycles. The van der Waals surface area contributed by atoms with E-state index in [-0.39, 0.29) is 28.0 Å². The predicted molar refractivity (Wildman–Crippen MR) is 166 cm³/mol. The summed E-state index contributed by atoms with van der Waals surface area (Å²) in [5, 5.41) is 26.5. The summed E-state index contributed by atoms with van der Waals surface area (Å²) in [5.41, 5.74) is 10.4. The van der Waals surface area contributed by atoms with Crippen LogP contribution in [0, 0.1) is 6.92 Å². The van der Waals surface area contributed by atoms with Gasteiger partial charge in [0.05, 0.1) is 4.70 Å². The third-order valence-electron chi connectivity index (χ3n) is 6.72. The molecule has 0 bridgehead atoms. The number of amides is 3. The standard InChI is InChI=1S/C25H24N8O8S4/c1-9-13-12(4-5-32(9)23(27)40)45-24(30-13)44-7-10-6-42-19-15(18(35)33(19)16(10)20(36)37)29-17(34)14(11-8-43-22(26)28-11)31-41-25(2,3)21(38)39/h4-5,8,15,19H,6-7H2,1-3H3,(H6-,26,27,28,29,34,36,37,38,39,40)/p+1/b31-14-/t15?,19-/m0/s1. The van der Waals surface area contributed by atoms with Crippen molar-refractivity contribution in [1.82, 2.24) is 20.2 Å². The number of carboxylic acids is 2. The van der Waals surface area contributed by atoms with Gasteiger partial charge in [-0.25, -0.2) is 19.6 Å². The van der Waals surface area contributed by atoms with Gasteiger partial charge in [0.1, 0.15) is 40.2 Å². The molecule has 2 aliphatic rings. The van der Waals surface area contributed by atoms with E-state index in [4.69, 9.17) is 16.3 Å². The molecule has 0 radical (unpaired) electrons. The maximum Gasteiger partial charge on any atom is 0.493 e. The van der Waals surface area contributed by atoms with Crippen molar-refractivity contribution in [1.29, 1.82) is 0 Å². The molecule has 236 valence electrons. The van der Waals surface area contributed by atoms with Gasteiger partial charge in [0.25, 0.3) is 11.8 Å². The molecule has 5 heterocycles. The number of thiazole rings is 2. The summed E-state index contributed by atoms with van der Waals surface area (Å²) in [6.45, 7) is 4.20. The summed E-state index contributed by atoms with van der Waals surface area (Å²) >= 11 is 4.97. The number of oxime groups is 1.